The number of carbonyl (C=O) groups excluding carboxylic acids is 1. The van der Waals surface area contributed by atoms with Crippen LogP contribution in [-0.4, -0.2) is 41.5 Å². The average molecular weight is 348 g/mol. The molecule has 0 atom stereocenters. The zero-order chi connectivity index (χ0) is 16.9. The second-order valence-electron chi connectivity index (χ2n) is 4.77. The molecule has 1 heterocycles. The smallest absolute Gasteiger partial charge is 0.337 e. The Balaban J connectivity index is 1.65. The van der Waals surface area contributed by atoms with E-state index in [1.54, 1.807) is 30.3 Å². The highest BCUT2D eigenvalue weighted by Gasteiger charge is 2.11. The summed E-state index contributed by atoms with van der Waals surface area (Å²) in [5, 5.41) is 8.40. The van der Waals surface area contributed by atoms with Gasteiger partial charge in [-0.05, 0) is 35.5 Å². The van der Waals surface area contributed by atoms with E-state index in [-0.39, 0.29) is 13.2 Å². The van der Waals surface area contributed by atoms with Crippen molar-refractivity contribution in [1.82, 2.24) is 15.2 Å². The van der Waals surface area contributed by atoms with Gasteiger partial charge in [-0.25, -0.2) is 4.79 Å². The predicted octanol–water partition coefficient (Wildman–Crippen LogP) is 2.38. The fourth-order valence-electron chi connectivity index (χ4n) is 2.08. The summed E-state index contributed by atoms with van der Waals surface area (Å²) in [6, 6.07) is 12.1. The Hall–Kier alpha value is -2.80. The normalized spacial score (nSPS) is 10.6. The first-order valence-corrected chi connectivity index (χ1v) is 7.51. The standard InChI is InChI=1S/C16H14ClN3O4/c1-22-16(21)11-6-7-13-14(10-11)20(19-18-13)24-9-8-23-15-5-3-2-4-12(15)17/h2-7,10H,8-9H2,1H3. The fourth-order valence-corrected chi connectivity index (χ4v) is 2.27. The molecule has 0 fully saturated rings. The third kappa shape index (κ3) is 3.41. The lowest BCUT2D eigenvalue weighted by molar-refractivity contribution is 0.0598. The molecule has 0 saturated heterocycles. The van der Waals surface area contributed by atoms with Crippen LogP contribution in [0.3, 0.4) is 0 Å². The van der Waals surface area contributed by atoms with E-state index in [4.69, 9.17) is 25.9 Å². The molecule has 8 heteroatoms. The van der Waals surface area contributed by atoms with Crippen LogP contribution in [0.2, 0.25) is 5.02 Å². The monoisotopic (exact) mass is 347 g/mol. The SMILES string of the molecule is COC(=O)c1ccc2nnn(OCCOc3ccccc3Cl)c2c1. The minimum atomic E-state index is -0.438. The highest BCUT2D eigenvalue weighted by Crippen LogP contribution is 2.22. The van der Waals surface area contributed by atoms with Crippen molar-refractivity contribution in [2.24, 2.45) is 0 Å². The van der Waals surface area contributed by atoms with Crippen molar-refractivity contribution >= 4 is 28.6 Å². The maximum absolute atomic E-state index is 11.6. The number of fused-ring (bicyclic) bond motifs is 1. The number of para-hydroxylation sites is 1. The van der Waals surface area contributed by atoms with Gasteiger partial charge in [-0.3, -0.25) is 0 Å². The summed E-state index contributed by atoms with van der Waals surface area (Å²) in [7, 11) is 1.32. The number of hydrogen-bond acceptors (Lipinski definition) is 6. The topological polar surface area (TPSA) is 75.5 Å². The van der Waals surface area contributed by atoms with Gasteiger partial charge >= 0.3 is 5.97 Å². The predicted molar refractivity (Wildman–Crippen MR) is 87.3 cm³/mol. The number of esters is 1. The number of benzene rings is 2. The van der Waals surface area contributed by atoms with Gasteiger partial charge < -0.3 is 14.3 Å². The maximum Gasteiger partial charge on any atom is 0.337 e. The zero-order valence-electron chi connectivity index (χ0n) is 12.8. The zero-order valence-corrected chi connectivity index (χ0v) is 13.6. The maximum atomic E-state index is 11.6. The molecule has 24 heavy (non-hydrogen) atoms. The van der Waals surface area contributed by atoms with Crippen LogP contribution >= 0.6 is 11.6 Å². The molecule has 0 aliphatic heterocycles. The van der Waals surface area contributed by atoms with E-state index in [1.165, 1.54) is 12.0 Å². The number of hydrogen-bond donors (Lipinski definition) is 0. The summed E-state index contributed by atoms with van der Waals surface area (Å²) in [6.45, 7) is 0.508. The molecule has 3 rings (SSSR count). The van der Waals surface area contributed by atoms with Crippen molar-refractivity contribution in [2.75, 3.05) is 20.3 Å². The highest BCUT2D eigenvalue weighted by molar-refractivity contribution is 6.32. The lowest BCUT2D eigenvalue weighted by atomic mass is 10.2. The summed E-state index contributed by atoms with van der Waals surface area (Å²) in [5.74, 6) is 0.144. The summed E-state index contributed by atoms with van der Waals surface area (Å²) in [6.07, 6.45) is 0. The molecule has 0 saturated carbocycles. The molecule has 0 aliphatic rings. The molecule has 0 bridgehead atoms. The van der Waals surface area contributed by atoms with Gasteiger partial charge in [0.25, 0.3) is 0 Å². The Morgan fingerprint density at radius 1 is 1.21 bits per heavy atom. The number of nitrogens with zero attached hydrogens (tertiary/aromatic N) is 3. The second-order valence-corrected chi connectivity index (χ2v) is 5.18. The summed E-state index contributed by atoms with van der Waals surface area (Å²) in [4.78, 5) is 18.4. The molecule has 1 aromatic heterocycles. The summed E-state index contributed by atoms with van der Waals surface area (Å²) >= 11 is 6.00. The third-order valence-electron chi connectivity index (χ3n) is 3.23. The van der Waals surface area contributed by atoms with Gasteiger partial charge in [0.1, 0.15) is 23.4 Å². The molecule has 2 aromatic carbocycles. The van der Waals surface area contributed by atoms with Crippen molar-refractivity contribution in [3.8, 4) is 5.75 Å². The molecule has 0 radical (unpaired) electrons. The van der Waals surface area contributed by atoms with E-state index in [1.807, 2.05) is 12.1 Å². The van der Waals surface area contributed by atoms with Crippen LogP contribution in [0.5, 0.6) is 5.75 Å². The molecule has 0 unspecified atom stereocenters. The highest BCUT2D eigenvalue weighted by atomic mass is 35.5. The summed E-state index contributed by atoms with van der Waals surface area (Å²) in [5.41, 5.74) is 1.56. The van der Waals surface area contributed by atoms with Crippen LogP contribution in [-0.2, 0) is 4.74 Å². The number of methoxy groups -OCH3 is 1. The molecular weight excluding hydrogens is 334 g/mol. The Morgan fingerprint density at radius 2 is 2.04 bits per heavy atom. The Kier molecular flexibility index (Phi) is 4.81. The van der Waals surface area contributed by atoms with Crippen LogP contribution in [0.15, 0.2) is 42.5 Å². The minimum absolute atomic E-state index is 0.228. The number of rotatable bonds is 6. The van der Waals surface area contributed by atoms with Gasteiger partial charge in [-0.2, -0.15) is 0 Å². The van der Waals surface area contributed by atoms with E-state index in [0.29, 0.717) is 27.4 Å². The van der Waals surface area contributed by atoms with E-state index in [2.05, 4.69) is 10.3 Å². The van der Waals surface area contributed by atoms with Crippen LogP contribution in [0.4, 0.5) is 0 Å². The van der Waals surface area contributed by atoms with Crippen LogP contribution < -0.4 is 9.57 Å². The lowest BCUT2D eigenvalue weighted by Crippen LogP contribution is -2.19. The molecular formula is C16H14ClN3O4. The average Bonchev–Trinajstić information content (AvgIpc) is 3.01. The molecule has 0 aliphatic carbocycles. The Bertz CT molecular complexity index is 865. The largest absolute Gasteiger partial charge is 0.488 e. The van der Waals surface area contributed by atoms with Gasteiger partial charge in [-0.15, -0.1) is 5.10 Å². The number of carbonyl (C=O) groups is 1. The van der Waals surface area contributed by atoms with Crippen molar-refractivity contribution in [2.45, 2.75) is 0 Å². The van der Waals surface area contributed by atoms with E-state index in [0.717, 1.165) is 0 Å². The van der Waals surface area contributed by atoms with E-state index >= 15 is 0 Å². The summed E-state index contributed by atoms with van der Waals surface area (Å²) < 4.78 is 10.2. The van der Waals surface area contributed by atoms with Crippen LogP contribution in [0.25, 0.3) is 11.0 Å². The molecule has 0 amide bonds. The first-order chi connectivity index (χ1) is 11.7. The van der Waals surface area contributed by atoms with E-state index < -0.39 is 5.97 Å². The fraction of sp³-hybridized carbons (Fsp3) is 0.188. The lowest BCUT2D eigenvalue weighted by Gasteiger charge is -2.09. The first-order valence-electron chi connectivity index (χ1n) is 7.13. The first kappa shape index (κ1) is 16.1. The van der Waals surface area contributed by atoms with Crippen LogP contribution in [0, 0.1) is 0 Å². The Labute approximate surface area is 142 Å². The van der Waals surface area contributed by atoms with Crippen molar-refractivity contribution in [3.63, 3.8) is 0 Å². The van der Waals surface area contributed by atoms with Gasteiger partial charge in [0.2, 0.25) is 0 Å². The van der Waals surface area contributed by atoms with Gasteiger partial charge in [-0.1, -0.05) is 28.6 Å². The van der Waals surface area contributed by atoms with Crippen molar-refractivity contribution in [3.05, 3.63) is 53.1 Å². The third-order valence-corrected chi connectivity index (χ3v) is 3.54. The Morgan fingerprint density at radius 3 is 2.83 bits per heavy atom. The number of halogens is 1. The quantitative estimate of drug-likeness (QED) is 0.503. The van der Waals surface area contributed by atoms with Crippen molar-refractivity contribution < 1.29 is 19.1 Å². The van der Waals surface area contributed by atoms with Crippen molar-refractivity contribution in [1.29, 1.82) is 0 Å². The minimum Gasteiger partial charge on any atom is -0.488 e. The molecule has 124 valence electrons. The van der Waals surface area contributed by atoms with Gasteiger partial charge in [0.15, 0.2) is 6.61 Å². The molecule has 7 nitrogen and oxygen atoms in total. The number of aromatic nitrogens is 3. The van der Waals surface area contributed by atoms with Gasteiger partial charge in [0, 0.05) is 0 Å². The van der Waals surface area contributed by atoms with Gasteiger partial charge in [0.05, 0.1) is 17.7 Å². The number of ether oxygens (including phenoxy) is 2. The van der Waals surface area contributed by atoms with E-state index in [9.17, 15) is 4.79 Å². The molecule has 0 N–H and O–H groups in total. The van der Waals surface area contributed by atoms with Crippen LogP contribution in [0.1, 0.15) is 10.4 Å². The second kappa shape index (κ2) is 7.18. The molecule has 0 spiro atoms. The molecule has 3 aromatic rings.